The van der Waals surface area contributed by atoms with Gasteiger partial charge in [-0.1, -0.05) is 17.7 Å². The Morgan fingerprint density at radius 2 is 1.89 bits per heavy atom. The van der Waals surface area contributed by atoms with E-state index >= 15 is 0 Å². The minimum absolute atomic E-state index is 0.0570. The highest BCUT2D eigenvalue weighted by Gasteiger charge is 2.38. The molecular formula is C19H15N3O4S. The molecule has 0 unspecified atom stereocenters. The average Bonchev–Trinajstić information content (AvgIpc) is 3.10. The molecule has 1 saturated heterocycles. The molecule has 1 N–H and O–H groups in total. The zero-order valence-corrected chi connectivity index (χ0v) is 15.2. The summed E-state index contributed by atoms with van der Waals surface area (Å²) in [4.78, 5) is 30.7. The molecule has 4 rings (SSSR count). The number of carbonyl (C=O) groups excluding carboxylic acids is 2. The number of amides is 2. The summed E-state index contributed by atoms with van der Waals surface area (Å²) in [5.41, 5.74) is 2.20. The van der Waals surface area contributed by atoms with Crippen molar-refractivity contribution in [3.05, 3.63) is 48.0 Å². The van der Waals surface area contributed by atoms with E-state index in [1.165, 1.54) is 11.1 Å². The molecule has 2 aliphatic heterocycles. The third-order valence-electron chi connectivity index (χ3n) is 4.22. The first-order valence-electron chi connectivity index (χ1n) is 8.22. The van der Waals surface area contributed by atoms with Crippen molar-refractivity contribution in [3.63, 3.8) is 0 Å². The third-order valence-corrected chi connectivity index (χ3v) is 4.51. The average molecular weight is 381 g/mol. The third kappa shape index (κ3) is 3.26. The first-order valence-corrected chi connectivity index (χ1v) is 8.63. The molecule has 0 saturated carbocycles. The number of fused-ring (bicyclic) bond motifs is 1. The molecule has 0 spiro atoms. The van der Waals surface area contributed by atoms with E-state index in [1.54, 1.807) is 30.3 Å². The van der Waals surface area contributed by atoms with Gasteiger partial charge in [-0.2, -0.15) is 0 Å². The smallest absolute Gasteiger partial charge is 0.251 e. The summed E-state index contributed by atoms with van der Waals surface area (Å²) in [7, 11) is 0. The SMILES string of the molecule is Cc1ccc(N2C(=O)[C@@H](C=Nc3ccc4c(c3)OCO4)C(=O)NC2=S)cc1. The second kappa shape index (κ2) is 6.81. The van der Waals surface area contributed by atoms with E-state index in [0.29, 0.717) is 22.9 Å². The van der Waals surface area contributed by atoms with Gasteiger partial charge in [0.15, 0.2) is 22.5 Å². The number of hydrogen-bond acceptors (Lipinski definition) is 6. The topological polar surface area (TPSA) is 80.2 Å². The van der Waals surface area contributed by atoms with E-state index in [0.717, 1.165) is 5.56 Å². The lowest BCUT2D eigenvalue weighted by Gasteiger charge is -2.30. The highest BCUT2D eigenvalue weighted by atomic mass is 32.1. The number of rotatable bonds is 3. The van der Waals surface area contributed by atoms with Crippen LogP contribution in [0, 0.1) is 12.8 Å². The van der Waals surface area contributed by atoms with Gasteiger partial charge in [0.1, 0.15) is 0 Å². The van der Waals surface area contributed by atoms with Crippen LogP contribution in [0.15, 0.2) is 47.5 Å². The van der Waals surface area contributed by atoms with Gasteiger partial charge >= 0.3 is 0 Å². The number of aliphatic imine (C=N–C) groups is 1. The summed E-state index contributed by atoms with van der Waals surface area (Å²) in [5.74, 6) is -0.818. The fraction of sp³-hybridized carbons (Fsp3) is 0.158. The zero-order valence-electron chi connectivity index (χ0n) is 14.3. The molecule has 0 bridgehead atoms. The van der Waals surface area contributed by atoms with Crippen LogP contribution in [-0.2, 0) is 9.59 Å². The lowest BCUT2D eigenvalue weighted by Crippen LogP contribution is -2.58. The molecule has 1 fully saturated rings. The standard InChI is InChI=1S/C19H15N3O4S/c1-11-2-5-13(6-3-11)22-18(24)14(17(23)21-19(22)27)9-20-12-4-7-15-16(8-12)26-10-25-15/h2-9,14H,10H2,1H3,(H,21,23,27)/t14-/m0/s1. The number of hydrogen-bond donors (Lipinski definition) is 1. The molecule has 0 aromatic heterocycles. The van der Waals surface area contributed by atoms with Gasteiger partial charge in [0.2, 0.25) is 12.7 Å². The van der Waals surface area contributed by atoms with Gasteiger partial charge in [0, 0.05) is 12.3 Å². The summed E-state index contributed by atoms with van der Waals surface area (Å²) >= 11 is 5.18. The highest BCUT2D eigenvalue weighted by Crippen LogP contribution is 2.35. The normalized spacial score (nSPS) is 18.9. The van der Waals surface area contributed by atoms with E-state index < -0.39 is 17.7 Å². The second-order valence-electron chi connectivity index (χ2n) is 6.10. The Bertz CT molecular complexity index is 971. The first kappa shape index (κ1) is 17.2. The van der Waals surface area contributed by atoms with Crippen molar-refractivity contribution in [1.82, 2.24) is 5.32 Å². The fourth-order valence-corrected chi connectivity index (χ4v) is 3.08. The van der Waals surface area contributed by atoms with Gasteiger partial charge in [-0.15, -0.1) is 0 Å². The number of aryl methyl sites for hydroxylation is 1. The van der Waals surface area contributed by atoms with E-state index in [4.69, 9.17) is 21.7 Å². The zero-order chi connectivity index (χ0) is 19.0. The van der Waals surface area contributed by atoms with E-state index in [9.17, 15) is 9.59 Å². The molecule has 8 heteroatoms. The summed E-state index contributed by atoms with van der Waals surface area (Å²) in [6, 6.07) is 12.4. The Kier molecular flexibility index (Phi) is 4.33. The highest BCUT2D eigenvalue weighted by molar-refractivity contribution is 7.80. The molecule has 27 heavy (non-hydrogen) atoms. The maximum Gasteiger partial charge on any atom is 0.251 e. The quantitative estimate of drug-likeness (QED) is 0.502. The molecule has 2 heterocycles. The molecule has 2 aliphatic rings. The van der Waals surface area contributed by atoms with Crippen LogP contribution in [0.5, 0.6) is 11.5 Å². The monoisotopic (exact) mass is 381 g/mol. The molecule has 136 valence electrons. The minimum Gasteiger partial charge on any atom is -0.454 e. The predicted molar refractivity (Wildman–Crippen MR) is 104 cm³/mol. The molecule has 0 aliphatic carbocycles. The van der Waals surface area contributed by atoms with Gasteiger partial charge in [0.05, 0.1) is 11.4 Å². The Morgan fingerprint density at radius 3 is 2.67 bits per heavy atom. The van der Waals surface area contributed by atoms with Gasteiger partial charge < -0.3 is 14.8 Å². The Hall–Kier alpha value is -3.26. The maximum atomic E-state index is 12.9. The van der Waals surface area contributed by atoms with E-state index in [2.05, 4.69) is 10.3 Å². The number of carbonyl (C=O) groups is 2. The number of ether oxygens (including phenoxy) is 2. The number of anilines is 1. The van der Waals surface area contributed by atoms with Crippen LogP contribution < -0.4 is 19.7 Å². The van der Waals surface area contributed by atoms with Gasteiger partial charge in [-0.3, -0.25) is 19.5 Å². The van der Waals surface area contributed by atoms with Crippen molar-refractivity contribution >= 4 is 46.7 Å². The van der Waals surface area contributed by atoms with Crippen LogP contribution in [0.2, 0.25) is 0 Å². The lowest BCUT2D eigenvalue weighted by atomic mass is 10.1. The molecule has 7 nitrogen and oxygen atoms in total. The summed E-state index contributed by atoms with van der Waals surface area (Å²) < 4.78 is 10.6. The summed E-state index contributed by atoms with van der Waals surface area (Å²) in [6.45, 7) is 2.11. The maximum absolute atomic E-state index is 12.9. The van der Waals surface area contributed by atoms with Crippen LogP contribution in [0.3, 0.4) is 0 Å². The molecular weight excluding hydrogens is 366 g/mol. The molecule has 2 aromatic rings. The lowest BCUT2D eigenvalue weighted by molar-refractivity contribution is -0.130. The van der Waals surface area contributed by atoms with Crippen LogP contribution >= 0.6 is 12.2 Å². The van der Waals surface area contributed by atoms with Crippen molar-refractivity contribution < 1.29 is 19.1 Å². The Labute approximate surface area is 160 Å². The largest absolute Gasteiger partial charge is 0.454 e. The van der Waals surface area contributed by atoms with Crippen molar-refractivity contribution in [2.75, 3.05) is 11.7 Å². The summed E-state index contributed by atoms with van der Waals surface area (Å²) in [6.07, 6.45) is 1.32. The van der Waals surface area contributed by atoms with Crippen molar-refractivity contribution in [2.24, 2.45) is 10.9 Å². The molecule has 2 amide bonds. The van der Waals surface area contributed by atoms with E-state index in [-0.39, 0.29) is 11.9 Å². The minimum atomic E-state index is -1.08. The number of thiocarbonyl (C=S) groups is 1. The van der Waals surface area contributed by atoms with Gasteiger partial charge in [0.25, 0.3) is 5.91 Å². The Balaban J connectivity index is 1.59. The molecule has 0 radical (unpaired) electrons. The molecule has 1 atom stereocenters. The molecule has 2 aromatic carbocycles. The van der Waals surface area contributed by atoms with Crippen LogP contribution in [0.25, 0.3) is 0 Å². The predicted octanol–water partition coefficient (Wildman–Crippen LogP) is 2.49. The van der Waals surface area contributed by atoms with Gasteiger partial charge in [-0.25, -0.2) is 0 Å². The summed E-state index contributed by atoms with van der Waals surface area (Å²) in [5, 5.41) is 2.62. The fourth-order valence-electron chi connectivity index (χ4n) is 2.79. The van der Waals surface area contributed by atoms with Crippen LogP contribution in [-0.4, -0.2) is 29.9 Å². The number of nitrogens with one attached hydrogen (secondary N) is 1. The number of benzene rings is 2. The van der Waals surface area contributed by atoms with Crippen LogP contribution in [0.4, 0.5) is 11.4 Å². The second-order valence-corrected chi connectivity index (χ2v) is 6.48. The van der Waals surface area contributed by atoms with Crippen LogP contribution in [0.1, 0.15) is 5.56 Å². The van der Waals surface area contributed by atoms with Crippen molar-refractivity contribution in [2.45, 2.75) is 6.92 Å². The van der Waals surface area contributed by atoms with Crippen molar-refractivity contribution in [3.8, 4) is 11.5 Å². The van der Waals surface area contributed by atoms with Gasteiger partial charge in [-0.05, 0) is 43.4 Å². The van der Waals surface area contributed by atoms with E-state index in [1.807, 2.05) is 19.1 Å². The van der Waals surface area contributed by atoms with Crippen molar-refractivity contribution in [1.29, 1.82) is 0 Å². The Morgan fingerprint density at radius 1 is 1.15 bits per heavy atom. The first-order chi connectivity index (χ1) is 13.0. The number of nitrogens with zero attached hydrogens (tertiary/aromatic N) is 2.